The highest BCUT2D eigenvalue weighted by Gasteiger charge is 2.22. The second-order valence-electron chi connectivity index (χ2n) is 7.50. The summed E-state index contributed by atoms with van der Waals surface area (Å²) >= 11 is 0. The lowest BCUT2D eigenvalue weighted by Gasteiger charge is -2.19. The third kappa shape index (κ3) is 4.23. The first-order valence-electron chi connectivity index (χ1n) is 10.3. The lowest BCUT2D eigenvalue weighted by molar-refractivity contribution is 0.102. The smallest absolute Gasteiger partial charge is 0.257 e. The van der Waals surface area contributed by atoms with E-state index in [1.165, 1.54) is 0 Å². The van der Waals surface area contributed by atoms with Crippen molar-refractivity contribution in [2.24, 2.45) is 10.9 Å². The molecule has 7 nitrogen and oxygen atoms in total. The molecule has 0 atom stereocenters. The molecule has 1 heterocycles. The van der Waals surface area contributed by atoms with Crippen molar-refractivity contribution in [2.45, 2.75) is 13.3 Å². The van der Waals surface area contributed by atoms with Crippen molar-refractivity contribution < 1.29 is 10.0 Å². The number of nitrogens with two attached hydrogens (primary N) is 1. The number of aromatic nitrogens is 1. The molecule has 0 fully saturated rings. The zero-order chi connectivity index (χ0) is 23.4. The van der Waals surface area contributed by atoms with E-state index in [1.807, 2.05) is 36.4 Å². The van der Waals surface area contributed by atoms with E-state index < -0.39 is 0 Å². The van der Waals surface area contributed by atoms with Crippen molar-refractivity contribution >= 4 is 22.9 Å². The number of allylic oxidation sites excluding steroid dienone is 4. The van der Waals surface area contributed by atoms with Crippen LogP contribution < -0.4 is 11.1 Å². The Labute approximate surface area is 191 Å². The minimum absolute atomic E-state index is 0.308. The Morgan fingerprint density at radius 1 is 1.15 bits per heavy atom. The average molecular weight is 435 g/mol. The summed E-state index contributed by atoms with van der Waals surface area (Å²) in [6.45, 7) is 1.81. The molecule has 7 heteroatoms. The van der Waals surface area contributed by atoms with Gasteiger partial charge in [-0.25, -0.2) is 0 Å². The van der Waals surface area contributed by atoms with Gasteiger partial charge in [-0.2, -0.15) is 5.26 Å². The number of nitrogens with one attached hydrogen (secondary N) is 1. The van der Waals surface area contributed by atoms with Crippen LogP contribution in [-0.4, -0.2) is 21.8 Å². The van der Waals surface area contributed by atoms with E-state index in [-0.39, 0.29) is 5.91 Å². The predicted octanol–water partition coefficient (Wildman–Crippen LogP) is 4.72. The van der Waals surface area contributed by atoms with E-state index in [4.69, 9.17) is 10.9 Å². The van der Waals surface area contributed by atoms with Crippen LogP contribution in [0.25, 0.3) is 16.7 Å². The molecule has 0 unspecified atom stereocenters. The van der Waals surface area contributed by atoms with Gasteiger partial charge in [-0.15, -0.1) is 0 Å². The van der Waals surface area contributed by atoms with Gasteiger partial charge >= 0.3 is 0 Å². The summed E-state index contributed by atoms with van der Waals surface area (Å²) in [5.41, 5.74) is 12.1. The van der Waals surface area contributed by atoms with E-state index in [9.17, 15) is 10.1 Å². The predicted molar refractivity (Wildman–Crippen MR) is 127 cm³/mol. The topological polar surface area (TPSA) is 124 Å². The molecule has 0 saturated carbocycles. The molecule has 1 aromatic heterocycles. The highest BCUT2D eigenvalue weighted by Crippen LogP contribution is 2.31. The lowest BCUT2D eigenvalue weighted by Crippen LogP contribution is -2.20. The van der Waals surface area contributed by atoms with E-state index in [2.05, 4.69) is 21.5 Å². The van der Waals surface area contributed by atoms with Gasteiger partial charge in [0.1, 0.15) is 5.71 Å². The number of hydrogen-bond acceptors (Lipinski definition) is 6. The number of pyridine rings is 1. The van der Waals surface area contributed by atoms with Crippen LogP contribution in [0.5, 0.6) is 0 Å². The normalized spacial score (nSPS) is 14.5. The van der Waals surface area contributed by atoms with Crippen LogP contribution in [0.15, 0.2) is 89.4 Å². The Bertz CT molecular complexity index is 1360. The fourth-order valence-corrected chi connectivity index (χ4v) is 3.76. The summed E-state index contributed by atoms with van der Waals surface area (Å²) in [6, 6.07) is 20.3. The number of carbonyl (C=O) groups excluding carboxylic acids is 1. The molecule has 4 N–H and O–H groups in total. The minimum atomic E-state index is -0.308. The minimum Gasteiger partial charge on any atom is -0.411 e. The van der Waals surface area contributed by atoms with Gasteiger partial charge in [0.2, 0.25) is 0 Å². The van der Waals surface area contributed by atoms with Gasteiger partial charge in [0.15, 0.2) is 0 Å². The fourth-order valence-electron chi connectivity index (χ4n) is 3.76. The molecule has 0 aliphatic heterocycles. The summed E-state index contributed by atoms with van der Waals surface area (Å²) in [5, 5.41) is 24.6. The van der Waals surface area contributed by atoms with Crippen molar-refractivity contribution in [3.8, 4) is 17.2 Å². The van der Waals surface area contributed by atoms with Crippen molar-refractivity contribution in [3.63, 3.8) is 0 Å². The van der Waals surface area contributed by atoms with Gasteiger partial charge in [-0.3, -0.25) is 9.78 Å². The molecule has 1 amide bonds. The van der Waals surface area contributed by atoms with Gasteiger partial charge in [0.25, 0.3) is 5.91 Å². The molecular weight excluding hydrogens is 414 g/mol. The number of hydrogen-bond donors (Lipinski definition) is 3. The molecule has 1 aliphatic carbocycles. The highest BCUT2D eigenvalue weighted by atomic mass is 16.4. The molecule has 33 heavy (non-hydrogen) atoms. The molecular formula is C26H21N5O2. The van der Waals surface area contributed by atoms with Crippen molar-refractivity contribution in [2.75, 3.05) is 5.32 Å². The summed E-state index contributed by atoms with van der Waals surface area (Å²) in [5.74, 6) is -0.308. The summed E-state index contributed by atoms with van der Waals surface area (Å²) < 4.78 is 0. The van der Waals surface area contributed by atoms with Crippen molar-refractivity contribution in [1.29, 1.82) is 5.26 Å². The highest BCUT2D eigenvalue weighted by molar-refractivity contribution is 6.11. The molecule has 0 radical (unpaired) electrons. The van der Waals surface area contributed by atoms with Crippen LogP contribution in [0.3, 0.4) is 0 Å². The standard InChI is InChI=1S/C26H21N5O2/c1-16-20(12-13-23(31-33)24(16)28)25-22(7-4-14-29-25)26(32)30-19-10-8-17(9-11-19)21-6-3-2-5-18(21)15-27/h2-12,14,33H,13,28H2,1H3,(H,30,32). The number of nitriles is 1. The largest absolute Gasteiger partial charge is 0.411 e. The maximum Gasteiger partial charge on any atom is 0.257 e. The van der Waals surface area contributed by atoms with Crippen LogP contribution in [0, 0.1) is 11.3 Å². The summed E-state index contributed by atoms with van der Waals surface area (Å²) in [7, 11) is 0. The molecule has 0 saturated heterocycles. The van der Waals surface area contributed by atoms with E-state index in [0.717, 1.165) is 16.7 Å². The maximum absolute atomic E-state index is 13.1. The number of oxime groups is 1. The van der Waals surface area contributed by atoms with Crippen LogP contribution in [0.4, 0.5) is 5.69 Å². The maximum atomic E-state index is 13.1. The number of rotatable bonds is 4. The summed E-state index contributed by atoms with van der Waals surface area (Å²) in [4.78, 5) is 17.5. The van der Waals surface area contributed by atoms with E-state index in [1.54, 1.807) is 43.5 Å². The van der Waals surface area contributed by atoms with Gasteiger partial charge in [-0.05, 0) is 54.0 Å². The SMILES string of the molecule is CC1=C(N)C(=NO)CC=C1c1ncccc1C(=O)Nc1ccc(-c2ccccc2C#N)cc1. The van der Waals surface area contributed by atoms with Crippen LogP contribution >= 0.6 is 0 Å². The zero-order valence-electron chi connectivity index (χ0n) is 17.9. The number of nitrogens with zero attached hydrogens (tertiary/aromatic N) is 3. The zero-order valence-corrected chi connectivity index (χ0v) is 17.9. The van der Waals surface area contributed by atoms with Gasteiger partial charge in [0.05, 0.1) is 28.6 Å². The van der Waals surface area contributed by atoms with Crippen LogP contribution in [-0.2, 0) is 0 Å². The third-order valence-electron chi connectivity index (χ3n) is 5.55. The van der Waals surface area contributed by atoms with E-state index >= 15 is 0 Å². The molecule has 4 rings (SSSR count). The van der Waals surface area contributed by atoms with Gasteiger partial charge < -0.3 is 16.3 Å². The number of amides is 1. The first-order chi connectivity index (χ1) is 16.0. The first-order valence-corrected chi connectivity index (χ1v) is 10.3. The van der Waals surface area contributed by atoms with Crippen LogP contribution in [0.1, 0.15) is 35.0 Å². The van der Waals surface area contributed by atoms with Crippen molar-refractivity contribution in [3.05, 3.63) is 101 Å². The van der Waals surface area contributed by atoms with Gasteiger partial charge in [0, 0.05) is 23.9 Å². The van der Waals surface area contributed by atoms with Crippen molar-refractivity contribution in [1.82, 2.24) is 4.98 Å². The monoisotopic (exact) mass is 435 g/mol. The number of benzene rings is 2. The number of anilines is 1. The second kappa shape index (κ2) is 9.20. The average Bonchev–Trinajstić information content (AvgIpc) is 2.86. The molecule has 2 aromatic carbocycles. The second-order valence-corrected chi connectivity index (χ2v) is 7.50. The lowest BCUT2D eigenvalue weighted by atomic mass is 9.90. The fraction of sp³-hybridized carbons (Fsp3) is 0.0769. The summed E-state index contributed by atoms with van der Waals surface area (Å²) in [6.07, 6.45) is 3.81. The Kier molecular flexibility index (Phi) is 6.00. The molecule has 162 valence electrons. The van der Waals surface area contributed by atoms with Gasteiger partial charge in [-0.1, -0.05) is 41.6 Å². The Balaban J connectivity index is 1.60. The Morgan fingerprint density at radius 2 is 1.91 bits per heavy atom. The Morgan fingerprint density at radius 3 is 2.64 bits per heavy atom. The molecule has 1 aliphatic rings. The van der Waals surface area contributed by atoms with E-state index in [0.29, 0.717) is 45.9 Å². The number of carbonyl (C=O) groups is 1. The quantitative estimate of drug-likeness (QED) is 0.404. The van der Waals surface area contributed by atoms with Crippen LogP contribution in [0.2, 0.25) is 0 Å². The first kappa shape index (κ1) is 21.5. The molecule has 0 spiro atoms. The molecule has 3 aromatic rings. The molecule has 0 bridgehead atoms. The third-order valence-corrected chi connectivity index (χ3v) is 5.55. The Hall–Kier alpha value is -4.70.